The Labute approximate surface area is 193 Å². The van der Waals surface area contributed by atoms with Crippen molar-refractivity contribution in [2.24, 2.45) is 4.99 Å². The molecule has 0 atom stereocenters. The molecule has 0 bridgehead atoms. The summed E-state index contributed by atoms with van der Waals surface area (Å²) in [7, 11) is 1.82. The van der Waals surface area contributed by atoms with Gasteiger partial charge in [-0.3, -0.25) is 9.89 Å². The van der Waals surface area contributed by atoms with Gasteiger partial charge in [0.15, 0.2) is 5.96 Å². The lowest BCUT2D eigenvalue weighted by Crippen LogP contribution is -2.41. The second-order valence-corrected chi connectivity index (χ2v) is 7.69. The summed E-state index contributed by atoms with van der Waals surface area (Å²) in [5, 5.41) is 6.84. The average molecular weight is 512 g/mol. The zero-order chi connectivity index (χ0) is 20.4. The molecule has 1 aromatic heterocycles. The predicted molar refractivity (Wildman–Crippen MR) is 133 cm³/mol. The van der Waals surface area contributed by atoms with Gasteiger partial charge in [-0.2, -0.15) is 0 Å². The number of nitrogens with zero attached hydrogens (tertiary/aromatic N) is 4. The van der Waals surface area contributed by atoms with Gasteiger partial charge in [-0.1, -0.05) is 24.3 Å². The van der Waals surface area contributed by atoms with E-state index >= 15 is 0 Å². The minimum atomic E-state index is 0. The Bertz CT molecular complexity index is 704. The molecule has 0 saturated carbocycles. The Morgan fingerprint density at radius 2 is 1.86 bits per heavy atom. The maximum Gasteiger partial charge on any atom is 0.191 e. The Balaban J connectivity index is 0.00000420. The van der Waals surface area contributed by atoms with Crippen molar-refractivity contribution in [3.8, 4) is 0 Å². The van der Waals surface area contributed by atoms with Crippen LogP contribution >= 0.6 is 24.0 Å². The maximum atomic E-state index is 4.34. The van der Waals surface area contributed by atoms with Crippen LogP contribution in [0.15, 0.2) is 48.0 Å². The molecule has 6 nitrogen and oxygen atoms in total. The van der Waals surface area contributed by atoms with Crippen LogP contribution in [0.1, 0.15) is 45.2 Å². The molecule has 7 heteroatoms. The van der Waals surface area contributed by atoms with E-state index in [0.29, 0.717) is 12.1 Å². The first-order chi connectivity index (χ1) is 13.5. The van der Waals surface area contributed by atoms with Crippen LogP contribution in [0, 0.1) is 0 Å². The Morgan fingerprint density at radius 1 is 1.14 bits per heavy atom. The fraction of sp³-hybridized carbons (Fsp3) is 0.545. The number of halogens is 1. The number of benzene rings is 1. The van der Waals surface area contributed by atoms with Crippen molar-refractivity contribution in [2.75, 3.05) is 20.1 Å². The molecule has 0 amide bonds. The fourth-order valence-corrected chi connectivity index (χ4v) is 3.42. The van der Waals surface area contributed by atoms with E-state index in [0.717, 1.165) is 38.6 Å². The van der Waals surface area contributed by atoms with E-state index in [2.05, 4.69) is 82.0 Å². The third-order valence-corrected chi connectivity index (χ3v) is 4.81. The summed E-state index contributed by atoms with van der Waals surface area (Å²) >= 11 is 0. The minimum Gasteiger partial charge on any atom is -0.356 e. The molecule has 162 valence electrons. The third-order valence-electron chi connectivity index (χ3n) is 4.81. The normalized spacial score (nSPS) is 11.8. The lowest BCUT2D eigenvalue weighted by molar-refractivity contribution is 0.173. The smallest absolute Gasteiger partial charge is 0.191 e. The molecular weight excluding hydrogens is 475 g/mol. The second-order valence-electron chi connectivity index (χ2n) is 7.69. The summed E-state index contributed by atoms with van der Waals surface area (Å²) in [5.41, 5.74) is 2.51. The Hall–Kier alpha value is -1.61. The highest BCUT2D eigenvalue weighted by molar-refractivity contribution is 14.0. The Kier molecular flexibility index (Phi) is 11.9. The van der Waals surface area contributed by atoms with Crippen molar-refractivity contribution >= 4 is 29.9 Å². The first-order valence-corrected chi connectivity index (χ1v) is 10.2. The van der Waals surface area contributed by atoms with Gasteiger partial charge >= 0.3 is 0 Å². The third kappa shape index (κ3) is 9.16. The van der Waals surface area contributed by atoms with Gasteiger partial charge in [-0.05, 0) is 45.2 Å². The van der Waals surface area contributed by atoms with Crippen molar-refractivity contribution < 1.29 is 0 Å². The number of hydrogen-bond acceptors (Lipinski definition) is 3. The number of rotatable bonds is 10. The molecule has 0 saturated heterocycles. The minimum absolute atomic E-state index is 0. The molecule has 0 aliphatic carbocycles. The van der Waals surface area contributed by atoms with Crippen LogP contribution in [0.3, 0.4) is 0 Å². The molecule has 2 N–H and O–H groups in total. The number of hydrogen-bond donors (Lipinski definition) is 2. The lowest BCUT2D eigenvalue weighted by Gasteiger charge is -2.30. The maximum absolute atomic E-state index is 4.34. The molecule has 0 spiro atoms. The molecule has 0 unspecified atom stereocenters. The summed E-state index contributed by atoms with van der Waals surface area (Å²) in [6, 6.07) is 9.76. The zero-order valence-electron chi connectivity index (χ0n) is 18.4. The molecule has 1 aromatic carbocycles. The van der Waals surface area contributed by atoms with Gasteiger partial charge in [0.1, 0.15) is 0 Å². The van der Waals surface area contributed by atoms with Crippen molar-refractivity contribution in [1.29, 1.82) is 0 Å². The summed E-state index contributed by atoms with van der Waals surface area (Å²) in [4.78, 5) is 11.0. The summed E-state index contributed by atoms with van der Waals surface area (Å²) in [6.07, 6.45) is 6.73. The summed E-state index contributed by atoms with van der Waals surface area (Å²) < 4.78 is 2.07. The second kappa shape index (κ2) is 13.6. The number of aliphatic imine (C=N–C) groups is 1. The van der Waals surface area contributed by atoms with Crippen LogP contribution < -0.4 is 10.6 Å². The standard InChI is InChI=1S/C22H36N6.HI/c1-18(2)28(19(3)4)12-7-10-25-22(23-5)26-15-20-8-6-9-21(14-20)16-27-13-11-24-17-27;/h6,8-9,11,13-14,17-19H,7,10,12,15-16H2,1-5H3,(H2,23,25,26);1H. The molecular formula is C22H37IN6. The van der Waals surface area contributed by atoms with E-state index in [4.69, 9.17) is 0 Å². The monoisotopic (exact) mass is 512 g/mol. The van der Waals surface area contributed by atoms with Crippen molar-refractivity contribution in [3.05, 3.63) is 54.1 Å². The van der Waals surface area contributed by atoms with Gasteiger partial charge in [0.25, 0.3) is 0 Å². The van der Waals surface area contributed by atoms with E-state index < -0.39 is 0 Å². The SMILES string of the molecule is CN=C(NCCCN(C(C)C)C(C)C)NCc1cccc(Cn2ccnc2)c1.I. The van der Waals surface area contributed by atoms with Gasteiger partial charge in [-0.25, -0.2) is 4.98 Å². The van der Waals surface area contributed by atoms with Gasteiger partial charge in [0.05, 0.1) is 6.33 Å². The Morgan fingerprint density at radius 3 is 2.48 bits per heavy atom. The molecule has 0 fully saturated rings. The lowest BCUT2D eigenvalue weighted by atomic mass is 10.1. The van der Waals surface area contributed by atoms with Crippen LogP contribution in [-0.4, -0.2) is 52.6 Å². The van der Waals surface area contributed by atoms with E-state index in [-0.39, 0.29) is 24.0 Å². The highest BCUT2D eigenvalue weighted by Gasteiger charge is 2.12. The quantitative estimate of drug-likeness (QED) is 0.221. The van der Waals surface area contributed by atoms with Crippen LogP contribution in [0.4, 0.5) is 0 Å². The fourth-order valence-electron chi connectivity index (χ4n) is 3.42. The molecule has 2 rings (SSSR count). The van der Waals surface area contributed by atoms with E-state index in [9.17, 15) is 0 Å². The number of aromatic nitrogens is 2. The van der Waals surface area contributed by atoms with Crippen molar-refractivity contribution in [2.45, 2.75) is 59.3 Å². The molecule has 0 aliphatic heterocycles. The van der Waals surface area contributed by atoms with Crippen molar-refractivity contribution in [1.82, 2.24) is 25.1 Å². The topological polar surface area (TPSA) is 57.5 Å². The molecule has 2 aromatic rings. The highest BCUT2D eigenvalue weighted by atomic mass is 127. The van der Waals surface area contributed by atoms with E-state index in [1.54, 1.807) is 0 Å². The molecule has 0 radical (unpaired) electrons. The predicted octanol–water partition coefficient (Wildman–Crippen LogP) is 3.72. The van der Waals surface area contributed by atoms with Crippen LogP contribution in [0.2, 0.25) is 0 Å². The summed E-state index contributed by atoms with van der Waals surface area (Å²) in [6.45, 7) is 12.6. The molecule has 29 heavy (non-hydrogen) atoms. The van der Waals surface area contributed by atoms with Gasteiger partial charge < -0.3 is 15.2 Å². The van der Waals surface area contributed by atoms with Gasteiger partial charge in [0.2, 0.25) is 0 Å². The van der Waals surface area contributed by atoms with Gasteiger partial charge in [0, 0.05) is 57.7 Å². The van der Waals surface area contributed by atoms with Gasteiger partial charge in [-0.15, -0.1) is 24.0 Å². The largest absolute Gasteiger partial charge is 0.356 e. The average Bonchev–Trinajstić information content (AvgIpc) is 3.16. The molecule has 1 heterocycles. The van der Waals surface area contributed by atoms with Crippen LogP contribution in [0.25, 0.3) is 0 Å². The summed E-state index contributed by atoms with van der Waals surface area (Å²) in [5.74, 6) is 0.848. The first kappa shape index (κ1) is 25.4. The van der Waals surface area contributed by atoms with Crippen LogP contribution in [0.5, 0.6) is 0 Å². The highest BCUT2D eigenvalue weighted by Crippen LogP contribution is 2.07. The molecule has 0 aliphatic rings. The van der Waals surface area contributed by atoms with E-state index in [1.807, 2.05) is 25.8 Å². The van der Waals surface area contributed by atoms with Crippen LogP contribution in [-0.2, 0) is 13.1 Å². The zero-order valence-corrected chi connectivity index (χ0v) is 20.8. The number of imidazole rings is 1. The number of nitrogens with one attached hydrogen (secondary N) is 2. The number of guanidine groups is 1. The van der Waals surface area contributed by atoms with E-state index in [1.165, 1.54) is 11.1 Å². The van der Waals surface area contributed by atoms with Crippen molar-refractivity contribution in [3.63, 3.8) is 0 Å². The first-order valence-electron chi connectivity index (χ1n) is 10.2.